The van der Waals surface area contributed by atoms with Crippen LogP contribution in [0.5, 0.6) is 0 Å². The molecule has 7 heteroatoms. The summed E-state index contributed by atoms with van der Waals surface area (Å²) in [5.41, 5.74) is 4.56. The number of ether oxygens (including phenoxy) is 1. The molecule has 1 N–H and O–H groups in total. The Morgan fingerprint density at radius 1 is 1.19 bits per heavy atom. The van der Waals surface area contributed by atoms with E-state index < -0.39 is 0 Å². The highest BCUT2D eigenvalue weighted by Crippen LogP contribution is 2.36. The molecule has 31 heavy (non-hydrogen) atoms. The van der Waals surface area contributed by atoms with Crippen LogP contribution in [0.25, 0.3) is 0 Å². The van der Waals surface area contributed by atoms with Gasteiger partial charge in [-0.2, -0.15) is 0 Å². The van der Waals surface area contributed by atoms with Gasteiger partial charge in [-0.3, -0.25) is 0 Å². The zero-order valence-corrected chi connectivity index (χ0v) is 19.4. The van der Waals surface area contributed by atoms with Gasteiger partial charge in [0, 0.05) is 61.0 Å². The molecule has 1 aromatic heterocycles. The van der Waals surface area contributed by atoms with E-state index in [-0.39, 0.29) is 12.0 Å². The van der Waals surface area contributed by atoms with Crippen LogP contribution in [-0.4, -0.2) is 53.6 Å². The van der Waals surface area contributed by atoms with Gasteiger partial charge in [0.2, 0.25) is 0 Å². The van der Waals surface area contributed by atoms with Gasteiger partial charge < -0.3 is 19.9 Å². The van der Waals surface area contributed by atoms with Crippen LogP contribution in [-0.2, 0) is 11.3 Å². The van der Waals surface area contributed by atoms with E-state index in [1.54, 1.807) is 6.33 Å². The predicted octanol–water partition coefficient (Wildman–Crippen LogP) is 4.14. The average Bonchev–Trinajstić information content (AvgIpc) is 3.16. The maximum Gasteiger partial charge on any atom is 0.138 e. The Bertz CT molecular complexity index is 909. The summed E-state index contributed by atoms with van der Waals surface area (Å²) >= 11 is 6.12. The average molecular weight is 442 g/mol. The van der Waals surface area contributed by atoms with Gasteiger partial charge >= 0.3 is 0 Å². The monoisotopic (exact) mass is 441 g/mol. The highest BCUT2D eigenvalue weighted by molar-refractivity contribution is 6.30. The lowest BCUT2D eigenvalue weighted by Crippen LogP contribution is -2.47. The van der Waals surface area contributed by atoms with Crippen molar-refractivity contribution in [3.63, 3.8) is 0 Å². The third-order valence-electron chi connectivity index (χ3n) is 6.21. The number of hydrogen-bond donors (Lipinski definition) is 1. The summed E-state index contributed by atoms with van der Waals surface area (Å²) in [5, 5.41) is 4.34. The molecule has 1 aromatic carbocycles. The number of aromatic nitrogens is 2. The Kier molecular flexibility index (Phi) is 6.80. The summed E-state index contributed by atoms with van der Waals surface area (Å²) in [6.07, 6.45) is 1.71. The molecule has 0 bridgehead atoms. The van der Waals surface area contributed by atoms with Crippen molar-refractivity contribution in [2.75, 3.05) is 37.6 Å². The van der Waals surface area contributed by atoms with Gasteiger partial charge in [-0.1, -0.05) is 44.2 Å². The molecule has 0 spiro atoms. The van der Waals surface area contributed by atoms with E-state index in [9.17, 15) is 0 Å². The zero-order chi connectivity index (χ0) is 22.0. The summed E-state index contributed by atoms with van der Waals surface area (Å²) in [4.78, 5) is 13.8. The van der Waals surface area contributed by atoms with E-state index in [1.165, 1.54) is 5.56 Å². The number of fused-ring (bicyclic) bond motifs is 1. The molecular formula is C24H32ClN5O. The second-order valence-corrected chi connectivity index (χ2v) is 9.08. The summed E-state index contributed by atoms with van der Waals surface area (Å²) in [6, 6.07) is 8.57. The first kappa shape index (κ1) is 22.1. The van der Waals surface area contributed by atoms with Crippen molar-refractivity contribution in [3.05, 3.63) is 64.7 Å². The fourth-order valence-corrected chi connectivity index (χ4v) is 4.52. The smallest absolute Gasteiger partial charge is 0.138 e. The number of nitrogens with one attached hydrogen (secondary N) is 1. The largest absolute Gasteiger partial charge is 0.371 e. The quantitative estimate of drug-likeness (QED) is 0.696. The first-order chi connectivity index (χ1) is 14.9. The van der Waals surface area contributed by atoms with E-state index in [1.807, 2.05) is 12.1 Å². The van der Waals surface area contributed by atoms with E-state index >= 15 is 0 Å². The second kappa shape index (κ2) is 9.55. The third-order valence-corrected chi connectivity index (χ3v) is 6.46. The van der Waals surface area contributed by atoms with Crippen molar-refractivity contribution in [1.29, 1.82) is 0 Å². The van der Waals surface area contributed by atoms with E-state index in [2.05, 4.69) is 64.6 Å². The minimum absolute atomic E-state index is 0.0515. The minimum Gasteiger partial charge on any atom is -0.371 e. The molecule has 0 radical (unpaired) electrons. The first-order valence-electron chi connectivity index (χ1n) is 11.1. The lowest BCUT2D eigenvalue weighted by molar-refractivity contribution is 0.0787. The molecule has 2 aliphatic heterocycles. The first-order valence-corrected chi connectivity index (χ1v) is 11.4. The Hall–Kier alpha value is -2.15. The molecule has 6 nitrogen and oxygen atoms in total. The lowest BCUT2D eigenvalue weighted by Gasteiger charge is -2.40. The van der Waals surface area contributed by atoms with Crippen molar-refractivity contribution >= 4 is 17.4 Å². The molecule has 1 saturated heterocycles. The van der Waals surface area contributed by atoms with Crippen LogP contribution < -0.4 is 10.2 Å². The van der Waals surface area contributed by atoms with Gasteiger partial charge in [0.1, 0.15) is 12.1 Å². The van der Waals surface area contributed by atoms with Crippen LogP contribution in [0.1, 0.15) is 49.6 Å². The summed E-state index contributed by atoms with van der Waals surface area (Å²) < 4.78 is 5.78. The van der Waals surface area contributed by atoms with E-state index in [0.717, 1.165) is 60.5 Å². The van der Waals surface area contributed by atoms with Gasteiger partial charge in [-0.25, -0.2) is 9.97 Å². The number of hydrogen-bond acceptors (Lipinski definition) is 6. The number of benzene rings is 1. The molecule has 2 aliphatic rings. The second-order valence-electron chi connectivity index (χ2n) is 8.64. The molecule has 2 atom stereocenters. The Labute approximate surface area is 190 Å². The van der Waals surface area contributed by atoms with Crippen molar-refractivity contribution in [3.8, 4) is 0 Å². The van der Waals surface area contributed by atoms with Crippen LogP contribution in [0, 0.1) is 0 Å². The van der Waals surface area contributed by atoms with Crippen molar-refractivity contribution in [1.82, 2.24) is 20.2 Å². The van der Waals surface area contributed by atoms with Crippen LogP contribution in [0.3, 0.4) is 0 Å². The minimum atomic E-state index is 0.0515. The van der Waals surface area contributed by atoms with Gasteiger partial charge in [0.05, 0.1) is 18.4 Å². The lowest BCUT2D eigenvalue weighted by atomic mass is 9.94. The molecule has 0 aliphatic carbocycles. The molecule has 1 fully saturated rings. The fourth-order valence-electron chi connectivity index (χ4n) is 4.39. The fraction of sp³-hybridized carbons (Fsp3) is 0.500. The van der Waals surface area contributed by atoms with Crippen LogP contribution in [0.4, 0.5) is 5.82 Å². The molecular weight excluding hydrogens is 410 g/mol. The molecule has 1 unspecified atom stereocenters. The van der Waals surface area contributed by atoms with Crippen molar-refractivity contribution < 1.29 is 4.74 Å². The van der Waals surface area contributed by atoms with Gasteiger partial charge in [-0.05, 0) is 24.6 Å². The molecule has 3 heterocycles. The number of piperazine rings is 1. The van der Waals surface area contributed by atoms with Gasteiger partial charge in [0.25, 0.3) is 0 Å². The van der Waals surface area contributed by atoms with Crippen LogP contribution in [0.15, 0.2) is 42.9 Å². The third kappa shape index (κ3) is 4.86. The summed E-state index contributed by atoms with van der Waals surface area (Å²) in [5.74, 6) is 1.24. The molecule has 0 amide bonds. The Morgan fingerprint density at radius 2 is 1.90 bits per heavy atom. The Morgan fingerprint density at radius 3 is 2.58 bits per heavy atom. The Balaban J connectivity index is 1.46. The molecule has 4 rings (SSSR count). The maximum atomic E-state index is 6.12. The van der Waals surface area contributed by atoms with Crippen molar-refractivity contribution in [2.45, 2.75) is 45.4 Å². The zero-order valence-electron chi connectivity index (χ0n) is 18.6. The number of anilines is 1. The van der Waals surface area contributed by atoms with Crippen LogP contribution >= 0.6 is 11.6 Å². The maximum absolute atomic E-state index is 6.12. The predicted molar refractivity (Wildman–Crippen MR) is 125 cm³/mol. The SMILES string of the molecule is C=C(C(CNC(C)C)c1ccc(Cl)cc1)N1CCN(c2ncnc3c2[C@H](C)OC3)CC1. The highest BCUT2D eigenvalue weighted by atomic mass is 35.5. The van der Waals surface area contributed by atoms with E-state index in [4.69, 9.17) is 16.3 Å². The normalized spacial score (nSPS) is 19.6. The summed E-state index contributed by atoms with van der Waals surface area (Å²) in [6.45, 7) is 16.0. The summed E-state index contributed by atoms with van der Waals surface area (Å²) in [7, 11) is 0. The molecule has 0 saturated carbocycles. The molecule has 166 valence electrons. The van der Waals surface area contributed by atoms with Crippen molar-refractivity contribution in [2.24, 2.45) is 0 Å². The standard InChI is InChI=1S/C24H32ClN5O/c1-16(2)26-13-21(19-5-7-20(25)8-6-19)17(3)29-9-11-30(12-10-29)24-23-18(4)31-14-22(23)27-15-28-24/h5-8,15-16,18,21,26H,3,9-14H2,1-2,4H3/t18-,21?/m0/s1. The topological polar surface area (TPSA) is 53.5 Å². The number of nitrogens with zero attached hydrogens (tertiary/aromatic N) is 4. The van der Waals surface area contributed by atoms with Gasteiger partial charge in [0.15, 0.2) is 0 Å². The van der Waals surface area contributed by atoms with E-state index in [0.29, 0.717) is 12.6 Å². The number of rotatable bonds is 7. The van der Waals surface area contributed by atoms with Gasteiger partial charge in [-0.15, -0.1) is 0 Å². The number of halogens is 1. The molecule has 2 aromatic rings. The van der Waals surface area contributed by atoms with Crippen LogP contribution in [0.2, 0.25) is 5.02 Å². The highest BCUT2D eigenvalue weighted by Gasteiger charge is 2.30.